The van der Waals surface area contributed by atoms with Crippen LogP contribution in [0, 0.1) is 0 Å². The van der Waals surface area contributed by atoms with Gasteiger partial charge in [-0.25, -0.2) is 14.6 Å². The van der Waals surface area contributed by atoms with Gasteiger partial charge in [0.05, 0.1) is 25.1 Å². The average molecular weight is 441 g/mol. The molecule has 1 heterocycles. The van der Waals surface area contributed by atoms with E-state index in [2.05, 4.69) is 33.1 Å². The number of nitrogens with zero attached hydrogens (tertiary/aromatic N) is 2. The summed E-state index contributed by atoms with van der Waals surface area (Å²) in [7, 11) is 2.01. The van der Waals surface area contributed by atoms with Crippen LogP contribution < -0.4 is 14.8 Å². The number of carboxylic acids is 2. The van der Waals surface area contributed by atoms with E-state index in [1.54, 1.807) is 0 Å². The topological polar surface area (TPSA) is 123 Å². The van der Waals surface area contributed by atoms with Gasteiger partial charge in [-0.2, -0.15) is 0 Å². The second-order valence-corrected chi connectivity index (χ2v) is 6.49. The third-order valence-corrected chi connectivity index (χ3v) is 4.34. The highest BCUT2D eigenvalue weighted by molar-refractivity contribution is 6.27. The molecule has 0 radical (unpaired) electrons. The van der Waals surface area contributed by atoms with Crippen LogP contribution in [0.25, 0.3) is 11.3 Å². The zero-order chi connectivity index (χ0) is 23.5. The Morgan fingerprint density at radius 3 is 2.19 bits per heavy atom. The first kappa shape index (κ1) is 24.3. The summed E-state index contributed by atoms with van der Waals surface area (Å²) in [5.74, 6) is -1.04. The highest BCUT2D eigenvalue weighted by Gasteiger charge is 2.10. The van der Waals surface area contributed by atoms with Gasteiger partial charge in [0.1, 0.15) is 11.5 Å². The number of nitrogens with one attached hydrogen (secondary N) is 1. The van der Waals surface area contributed by atoms with Crippen LogP contribution in [0.15, 0.2) is 54.7 Å². The van der Waals surface area contributed by atoms with Crippen LogP contribution in [0.2, 0.25) is 0 Å². The molecule has 3 rings (SSSR count). The first-order valence-electron chi connectivity index (χ1n) is 10.0. The highest BCUT2D eigenvalue weighted by Crippen LogP contribution is 2.25. The van der Waals surface area contributed by atoms with Crippen molar-refractivity contribution in [2.24, 2.45) is 7.05 Å². The molecule has 0 fully saturated rings. The Kier molecular flexibility index (Phi) is 9.09. The molecule has 0 aliphatic rings. The lowest BCUT2D eigenvalue weighted by Crippen LogP contribution is -2.09. The molecule has 0 bridgehead atoms. The molecule has 32 heavy (non-hydrogen) atoms. The maximum absolute atomic E-state index is 9.10. The number of aliphatic carboxylic acids is 2. The quantitative estimate of drug-likeness (QED) is 0.453. The number of rotatable bonds is 8. The van der Waals surface area contributed by atoms with Gasteiger partial charge in [-0.05, 0) is 44.2 Å². The SMILES string of the molecule is CCOc1ccc(-c2cnc(NCc3ccccc3OCC)n2C)cc1.O=C(O)C(=O)O. The van der Waals surface area contributed by atoms with Crippen LogP contribution in [0.1, 0.15) is 19.4 Å². The molecule has 0 saturated carbocycles. The van der Waals surface area contributed by atoms with Crippen molar-refractivity contribution in [2.45, 2.75) is 20.4 Å². The van der Waals surface area contributed by atoms with Crippen molar-refractivity contribution in [3.05, 3.63) is 60.3 Å². The van der Waals surface area contributed by atoms with Crippen molar-refractivity contribution in [2.75, 3.05) is 18.5 Å². The van der Waals surface area contributed by atoms with Crippen LogP contribution in [0.5, 0.6) is 11.5 Å². The molecule has 9 heteroatoms. The molecule has 0 spiro atoms. The van der Waals surface area contributed by atoms with Crippen LogP contribution >= 0.6 is 0 Å². The second kappa shape index (κ2) is 12.0. The van der Waals surface area contributed by atoms with E-state index in [9.17, 15) is 0 Å². The number of para-hydroxylation sites is 1. The standard InChI is InChI=1S/C21H25N3O2.C2H2O4/c1-4-25-18-12-10-16(11-13-18)19-15-23-21(24(19)3)22-14-17-8-6-7-9-20(17)26-5-2;3-1(4)2(5)6/h6-13,15H,4-5,14H2,1-3H3,(H,22,23);(H,3,4)(H,5,6). The number of hydrogen-bond acceptors (Lipinski definition) is 6. The first-order chi connectivity index (χ1) is 15.4. The number of benzene rings is 2. The fraction of sp³-hybridized carbons (Fsp3) is 0.261. The van der Waals surface area contributed by atoms with Crippen LogP contribution in [0.4, 0.5) is 5.95 Å². The van der Waals surface area contributed by atoms with Gasteiger partial charge >= 0.3 is 11.9 Å². The molecule has 0 aliphatic carbocycles. The smallest absolute Gasteiger partial charge is 0.414 e. The zero-order valence-corrected chi connectivity index (χ0v) is 18.2. The van der Waals surface area contributed by atoms with Gasteiger partial charge in [0.15, 0.2) is 0 Å². The highest BCUT2D eigenvalue weighted by atomic mass is 16.5. The molecular weight excluding hydrogens is 414 g/mol. The molecule has 170 valence electrons. The molecule has 0 unspecified atom stereocenters. The van der Waals surface area contributed by atoms with Gasteiger partial charge in [-0.3, -0.25) is 0 Å². The van der Waals surface area contributed by atoms with Crippen molar-refractivity contribution in [1.82, 2.24) is 9.55 Å². The fourth-order valence-electron chi connectivity index (χ4n) is 2.85. The molecule has 0 atom stereocenters. The summed E-state index contributed by atoms with van der Waals surface area (Å²) in [4.78, 5) is 22.7. The van der Waals surface area contributed by atoms with Crippen molar-refractivity contribution >= 4 is 17.9 Å². The normalized spacial score (nSPS) is 9.97. The number of anilines is 1. The van der Waals surface area contributed by atoms with E-state index < -0.39 is 11.9 Å². The second-order valence-electron chi connectivity index (χ2n) is 6.49. The van der Waals surface area contributed by atoms with E-state index in [0.717, 1.165) is 34.3 Å². The molecule has 3 aromatic rings. The Bertz CT molecular complexity index is 1020. The number of imidazole rings is 1. The lowest BCUT2D eigenvalue weighted by Gasteiger charge is -2.12. The number of aromatic nitrogens is 2. The average Bonchev–Trinajstić information content (AvgIpc) is 3.15. The Balaban J connectivity index is 0.000000534. The molecule has 2 aromatic carbocycles. The largest absolute Gasteiger partial charge is 0.494 e. The van der Waals surface area contributed by atoms with Crippen LogP contribution in [-0.4, -0.2) is 44.9 Å². The van der Waals surface area contributed by atoms with Crippen molar-refractivity contribution in [3.8, 4) is 22.8 Å². The molecule has 1 aromatic heterocycles. The zero-order valence-electron chi connectivity index (χ0n) is 18.2. The minimum absolute atomic E-state index is 0.654. The summed E-state index contributed by atoms with van der Waals surface area (Å²) in [6, 6.07) is 16.1. The summed E-state index contributed by atoms with van der Waals surface area (Å²) < 4.78 is 13.2. The van der Waals surface area contributed by atoms with Gasteiger partial charge < -0.3 is 29.6 Å². The predicted octanol–water partition coefficient (Wildman–Crippen LogP) is 3.65. The summed E-state index contributed by atoms with van der Waals surface area (Å²) in [6.45, 7) is 5.95. The maximum Gasteiger partial charge on any atom is 0.414 e. The summed E-state index contributed by atoms with van der Waals surface area (Å²) in [6.07, 6.45) is 1.88. The Labute approximate surface area is 186 Å². The van der Waals surface area contributed by atoms with E-state index in [0.29, 0.717) is 19.8 Å². The van der Waals surface area contributed by atoms with Crippen molar-refractivity contribution in [3.63, 3.8) is 0 Å². The third kappa shape index (κ3) is 6.76. The van der Waals surface area contributed by atoms with Gasteiger partial charge in [-0.1, -0.05) is 18.2 Å². The molecule has 0 saturated heterocycles. The number of carboxylic acid groups (broad SMARTS) is 2. The molecule has 0 aliphatic heterocycles. The van der Waals surface area contributed by atoms with Gasteiger partial charge in [-0.15, -0.1) is 0 Å². The summed E-state index contributed by atoms with van der Waals surface area (Å²) in [5.41, 5.74) is 3.26. The number of ether oxygens (including phenoxy) is 2. The van der Waals surface area contributed by atoms with E-state index in [4.69, 9.17) is 29.3 Å². The van der Waals surface area contributed by atoms with E-state index >= 15 is 0 Å². The minimum Gasteiger partial charge on any atom is -0.494 e. The molecular formula is C23H27N3O6. The predicted molar refractivity (Wildman–Crippen MR) is 120 cm³/mol. The van der Waals surface area contributed by atoms with E-state index in [1.165, 1.54) is 0 Å². The Hall–Kier alpha value is -4.01. The lowest BCUT2D eigenvalue weighted by atomic mass is 10.1. The Morgan fingerprint density at radius 1 is 0.969 bits per heavy atom. The minimum atomic E-state index is -1.82. The fourth-order valence-corrected chi connectivity index (χ4v) is 2.85. The maximum atomic E-state index is 9.10. The van der Waals surface area contributed by atoms with Crippen LogP contribution in [-0.2, 0) is 23.2 Å². The monoisotopic (exact) mass is 441 g/mol. The van der Waals surface area contributed by atoms with E-state index in [1.807, 2.05) is 57.4 Å². The first-order valence-corrected chi connectivity index (χ1v) is 10.0. The van der Waals surface area contributed by atoms with Crippen molar-refractivity contribution < 1.29 is 29.3 Å². The lowest BCUT2D eigenvalue weighted by molar-refractivity contribution is -0.159. The molecule has 0 amide bonds. The number of hydrogen-bond donors (Lipinski definition) is 3. The van der Waals surface area contributed by atoms with E-state index in [-0.39, 0.29) is 0 Å². The molecule has 3 N–H and O–H groups in total. The van der Waals surface area contributed by atoms with Gasteiger partial charge in [0.25, 0.3) is 0 Å². The molecule has 9 nitrogen and oxygen atoms in total. The summed E-state index contributed by atoms with van der Waals surface area (Å²) in [5, 5.41) is 18.2. The summed E-state index contributed by atoms with van der Waals surface area (Å²) >= 11 is 0. The third-order valence-electron chi connectivity index (χ3n) is 4.34. The number of carbonyl (C=O) groups is 2. The van der Waals surface area contributed by atoms with Crippen molar-refractivity contribution in [1.29, 1.82) is 0 Å². The Morgan fingerprint density at radius 2 is 1.59 bits per heavy atom. The van der Waals surface area contributed by atoms with Crippen LogP contribution in [0.3, 0.4) is 0 Å². The van der Waals surface area contributed by atoms with Gasteiger partial charge in [0, 0.05) is 24.7 Å². The van der Waals surface area contributed by atoms with Gasteiger partial charge in [0.2, 0.25) is 5.95 Å².